The summed E-state index contributed by atoms with van der Waals surface area (Å²) < 4.78 is 27.9. The Labute approximate surface area is 109 Å². The first-order chi connectivity index (χ1) is 8.88. The van der Waals surface area contributed by atoms with Crippen LogP contribution in [-0.4, -0.2) is 24.6 Å². The predicted octanol–water partition coefficient (Wildman–Crippen LogP) is 0.548. The van der Waals surface area contributed by atoms with Gasteiger partial charge >= 0.3 is 0 Å². The van der Waals surface area contributed by atoms with Gasteiger partial charge in [-0.05, 0) is 24.3 Å². The third kappa shape index (κ3) is 2.91. The minimum absolute atomic E-state index is 0.0316. The normalized spacial score (nSPS) is 11.2. The molecule has 19 heavy (non-hydrogen) atoms. The third-order valence-electron chi connectivity index (χ3n) is 2.32. The maximum Gasteiger partial charge on any atom is 0.277 e. The molecule has 0 unspecified atom stereocenters. The summed E-state index contributed by atoms with van der Waals surface area (Å²) in [5.74, 6) is 0.299. The number of nitrogens with zero attached hydrogens (tertiary/aromatic N) is 1. The van der Waals surface area contributed by atoms with Gasteiger partial charge in [0.25, 0.3) is 5.56 Å². The summed E-state index contributed by atoms with van der Waals surface area (Å²) in [4.78, 5) is 17.5. The average Bonchev–Trinajstić information content (AvgIpc) is 2.35. The van der Waals surface area contributed by atoms with Crippen LogP contribution in [0.1, 0.15) is 0 Å². The van der Waals surface area contributed by atoms with Crippen LogP contribution in [0.5, 0.6) is 11.6 Å². The van der Waals surface area contributed by atoms with Crippen molar-refractivity contribution in [3.05, 3.63) is 40.9 Å². The molecule has 2 aromatic rings. The highest BCUT2D eigenvalue weighted by Gasteiger charge is 2.09. The number of ether oxygens (including phenoxy) is 1. The van der Waals surface area contributed by atoms with Gasteiger partial charge in [-0.1, -0.05) is 0 Å². The lowest BCUT2D eigenvalue weighted by Crippen LogP contribution is -2.13. The Balaban J connectivity index is 2.30. The fourth-order valence-electron chi connectivity index (χ4n) is 1.34. The zero-order valence-electron chi connectivity index (χ0n) is 9.95. The van der Waals surface area contributed by atoms with Gasteiger partial charge in [-0.3, -0.25) is 4.79 Å². The van der Waals surface area contributed by atoms with E-state index in [0.717, 1.165) is 6.26 Å². The molecule has 0 aliphatic heterocycles. The summed E-state index contributed by atoms with van der Waals surface area (Å²) in [7, 11) is -3.26. The number of hydrogen-bond acceptors (Lipinski definition) is 6. The molecule has 1 aromatic carbocycles. The van der Waals surface area contributed by atoms with Crippen molar-refractivity contribution in [2.75, 3.05) is 12.0 Å². The highest BCUT2D eigenvalue weighted by atomic mass is 32.2. The van der Waals surface area contributed by atoms with Crippen molar-refractivity contribution in [2.24, 2.45) is 0 Å². The van der Waals surface area contributed by atoms with E-state index in [1.54, 1.807) is 0 Å². The summed E-state index contributed by atoms with van der Waals surface area (Å²) >= 11 is 0. The number of aromatic nitrogens is 2. The molecule has 100 valence electrons. The van der Waals surface area contributed by atoms with E-state index >= 15 is 0 Å². The van der Waals surface area contributed by atoms with Crippen LogP contribution in [0.2, 0.25) is 0 Å². The number of sulfone groups is 1. The number of hydrogen-bond donors (Lipinski definition) is 2. The molecule has 0 fully saturated rings. The molecule has 0 amide bonds. The Bertz CT molecular complexity index is 750. The zero-order valence-corrected chi connectivity index (χ0v) is 10.8. The minimum Gasteiger partial charge on any atom is -0.437 e. The summed E-state index contributed by atoms with van der Waals surface area (Å²) in [6, 6.07) is 5.71. The van der Waals surface area contributed by atoms with E-state index in [0.29, 0.717) is 5.75 Å². The number of nitrogens with one attached hydrogen (secondary N) is 1. The van der Waals surface area contributed by atoms with Crippen LogP contribution in [0.25, 0.3) is 0 Å². The van der Waals surface area contributed by atoms with E-state index in [1.807, 2.05) is 0 Å². The Morgan fingerprint density at radius 2 is 1.89 bits per heavy atom. The Morgan fingerprint density at radius 1 is 1.26 bits per heavy atom. The van der Waals surface area contributed by atoms with E-state index in [4.69, 9.17) is 10.5 Å². The van der Waals surface area contributed by atoms with E-state index < -0.39 is 15.4 Å². The van der Waals surface area contributed by atoms with Gasteiger partial charge in [0.05, 0.1) is 11.2 Å². The number of nitrogens with two attached hydrogens (primary N) is 1. The molecule has 2 rings (SSSR count). The Morgan fingerprint density at radius 3 is 2.47 bits per heavy atom. The number of benzene rings is 1. The minimum atomic E-state index is -3.26. The van der Waals surface area contributed by atoms with Crippen molar-refractivity contribution in [2.45, 2.75) is 4.90 Å². The lowest BCUT2D eigenvalue weighted by molar-refractivity contribution is 0.463. The van der Waals surface area contributed by atoms with Gasteiger partial charge in [-0.25, -0.2) is 13.4 Å². The molecule has 0 aliphatic carbocycles. The van der Waals surface area contributed by atoms with Crippen LogP contribution >= 0.6 is 0 Å². The van der Waals surface area contributed by atoms with Gasteiger partial charge in [0.15, 0.2) is 15.5 Å². The number of rotatable bonds is 3. The average molecular weight is 281 g/mol. The first-order valence-corrected chi connectivity index (χ1v) is 7.08. The molecule has 0 spiro atoms. The number of H-pyrrole nitrogens is 1. The quantitative estimate of drug-likeness (QED) is 0.848. The summed E-state index contributed by atoms with van der Waals surface area (Å²) in [5, 5.41) is 0. The van der Waals surface area contributed by atoms with Crippen LogP contribution in [0, 0.1) is 0 Å². The molecule has 3 N–H and O–H groups in total. The molecule has 8 heteroatoms. The van der Waals surface area contributed by atoms with Crippen LogP contribution in [0.4, 0.5) is 5.69 Å². The summed E-state index contributed by atoms with van der Waals surface area (Å²) in [6.07, 6.45) is 2.28. The van der Waals surface area contributed by atoms with Gasteiger partial charge in [-0.15, -0.1) is 0 Å². The number of anilines is 1. The largest absolute Gasteiger partial charge is 0.437 e. The van der Waals surface area contributed by atoms with Crippen molar-refractivity contribution < 1.29 is 13.2 Å². The predicted molar refractivity (Wildman–Crippen MR) is 68.9 cm³/mol. The molecule has 0 radical (unpaired) electrons. The van der Waals surface area contributed by atoms with Crippen molar-refractivity contribution in [1.82, 2.24) is 9.97 Å². The zero-order chi connectivity index (χ0) is 14.0. The van der Waals surface area contributed by atoms with Crippen LogP contribution in [0.15, 0.2) is 40.3 Å². The summed E-state index contributed by atoms with van der Waals surface area (Å²) in [6.45, 7) is 0. The molecule has 0 saturated heterocycles. The van der Waals surface area contributed by atoms with E-state index in [9.17, 15) is 13.2 Å². The van der Waals surface area contributed by atoms with Gasteiger partial charge < -0.3 is 15.5 Å². The molecule has 0 bridgehead atoms. The van der Waals surface area contributed by atoms with Crippen LogP contribution in [0.3, 0.4) is 0 Å². The molecule has 7 nitrogen and oxygen atoms in total. The summed E-state index contributed by atoms with van der Waals surface area (Å²) in [5.41, 5.74) is 4.86. The first-order valence-electron chi connectivity index (χ1n) is 5.19. The molecular formula is C11H11N3O4S. The second-order valence-corrected chi connectivity index (χ2v) is 5.81. The van der Waals surface area contributed by atoms with E-state index in [2.05, 4.69) is 9.97 Å². The van der Waals surface area contributed by atoms with Crippen molar-refractivity contribution in [1.29, 1.82) is 0 Å². The standard InChI is InChI=1S/C11H11N3O4S/c1-19(16,17)8-4-2-7(3-5-8)18-11-9(12)10(15)13-6-14-11/h2-6H,12H2,1H3,(H,13,14,15). The highest BCUT2D eigenvalue weighted by molar-refractivity contribution is 7.90. The topological polar surface area (TPSA) is 115 Å². The maximum absolute atomic E-state index is 11.3. The fourth-order valence-corrected chi connectivity index (χ4v) is 1.97. The van der Waals surface area contributed by atoms with Crippen LogP contribution < -0.4 is 16.0 Å². The molecule has 0 aliphatic rings. The second kappa shape index (κ2) is 4.73. The van der Waals surface area contributed by atoms with Crippen molar-refractivity contribution in [3.8, 4) is 11.6 Å². The van der Waals surface area contributed by atoms with Gasteiger partial charge in [0, 0.05) is 6.26 Å². The van der Waals surface area contributed by atoms with E-state index in [-0.39, 0.29) is 16.5 Å². The number of nitrogen functional groups attached to an aromatic ring is 1. The second-order valence-electron chi connectivity index (χ2n) is 3.80. The molecular weight excluding hydrogens is 270 g/mol. The third-order valence-corrected chi connectivity index (χ3v) is 3.45. The lowest BCUT2D eigenvalue weighted by atomic mass is 10.3. The van der Waals surface area contributed by atoms with Gasteiger partial charge in [-0.2, -0.15) is 0 Å². The number of aromatic amines is 1. The molecule has 0 saturated carbocycles. The first kappa shape index (κ1) is 13.1. The fraction of sp³-hybridized carbons (Fsp3) is 0.0909. The Kier molecular flexibility index (Phi) is 3.26. The smallest absolute Gasteiger partial charge is 0.277 e. The highest BCUT2D eigenvalue weighted by Crippen LogP contribution is 2.23. The van der Waals surface area contributed by atoms with Crippen molar-refractivity contribution >= 4 is 15.5 Å². The van der Waals surface area contributed by atoms with Crippen molar-refractivity contribution in [3.63, 3.8) is 0 Å². The monoisotopic (exact) mass is 281 g/mol. The molecule has 1 heterocycles. The molecule has 0 atom stereocenters. The SMILES string of the molecule is CS(=O)(=O)c1ccc(Oc2nc[nH]c(=O)c2N)cc1. The lowest BCUT2D eigenvalue weighted by Gasteiger charge is -2.06. The van der Waals surface area contributed by atoms with E-state index in [1.165, 1.54) is 30.6 Å². The van der Waals surface area contributed by atoms with Gasteiger partial charge in [0.2, 0.25) is 5.88 Å². The van der Waals surface area contributed by atoms with Crippen LogP contribution in [-0.2, 0) is 9.84 Å². The van der Waals surface area contributed by atoms with Gasteiger partial charge in [0.1, 0.15) is 5.75 Å². The maximum atomic E-state index is 11.3. The molecule has 1 aromatic heterocycles. The Hall–Kier alpha value is -2.35.